The van der Waals surface area contributed by atoms with E-state index in [1.807, 2.05) is 54.0 Å². The maximum Gasteiger partial charge on any atom is 0.255 e. The van der Waals surface area contributed by atoms with E-state index in [9.17, 15) is 9.18 Å². The molecule has 1 aliphatic rings. The van der Waals surface area contributed by atoms with Crippen LogP contribution in [0.3, 0.4) is 0 Å². The molecular formula is C26H23FN4O3. The molecule has 8 heteroatoms. The molecule has 0 aliphatic carbocycles. The van der Waals surface area contributed by atoms with Crippen LogP contribution in [0.2, 0.25) is 0 Å². The average Bonchev–Trinajstić information content (AvgIpc) is 3.22. The van der Waals surface area contributed by atoms with Crippen LogP contribution in [0, 0.1) is 5.82 Å². The number of carbonyl (C=O) groups excluding carboxylic acids is 1. The number of amides is 1. The number of imidazole rings is 1. The van der Waals surface area contributed by atoms with E-state index in [4.69, 9.17) is 14.5 Å². The van der Waals surface area contributed by atoms with Gasteiger partial charge >= 0.3 is 0 Å². The first kappa shape index (κ1) is 21.5. The molecule has 0 fully saturated rings. The molecule has 0 spiro atoms. The number of halogens is 1. The molecular weight excluding hydrogens is 435 g/mol. The van der Waals surface area contributed by atoms with E-state index in [2.05, 4.69) is 10.6 Å². The summed E-state index contributed by atoms with van der Waals surface area (Å²) in [5, 5.41) is 6.18. The molecule has 1 aromatic heterocycles. The predicted octanol–water partition coefficient (Wildman–Crippen LogP) is 5.12. The minimum absolute atomic E-state index is 0.324. The Morgan fingerprint density at radius 2 is 1.82 bits per heavy atom. The smallest absolute Gasteiger partial charge is 0.255 e. The molecule has 1 atom stereocenters. The van der Waals surface area contributed by atoms with Crippen LogP contribution in [0.25, 0.3) is 11.0 Å². The zero-order valence-electron chi connectivity index (χ0n) is 18.9. The third-order valence-corrected chi connectivity index (χ3v) is 5.91. The molecule has 4 aromatic rings. The summed E-state index contributed by atoms with van der Waals surface area (Å²) in [4.78, 5) is 18.4. The summed E-state index contributed by atoms with van der Waals surface area (Å²) in [6, 6.07) is 18.3. The fraction of sp³-hybridized carbons (Fsp3) is 0.154. The fourth-order valence-electron chi connectivity index (χ4n) is 4.34. The summed E-state index contributed by atoms with van der Waals surface area (Å²) in [6.07, 6.45) is 0. The van der Waals surface area contributed by atoms with Crippen molar-refractivity contribution in [3.8, 4) is 11.5 Å². The van der Waals surface area contributed by atoms with E-state index >= 15 is 0 Å². The highest BCUT2D eigenvalue weighted by atomic mass is 19.1. The van der Waals surface area contributed by atoms with Crippen molar-refractivity contribution in [3.63, 3.8) is 0 Å². The minimum Gasteiger partial charge on any atom is -0.497 e. The number of hydrogen-bond acceptors (Lipinski definition) is 5. The molecule has 2 N–H and O–H groups in total. The Morgan fingerprint density at radius 1 is 1.06 bits per heavy atom. The second-order valence-electron chi connectivity index (χ2n) is 7.93. The van der Waals surface area contributed by atoms with Gasteiger partial charge in [-0.25, -0.2) is 9.37 Å². The lowest BCUT2D eigenvalue weighted by Crippen LogP contribution is -2.31. The number of allylic oxidation sites excluding steroid dienone is 1. The zero-order chi connectivity index (χ0) is 23.8. The Morgan fingerprint density at radius 3 is 2.56 bits per heavy atom. The highest BCUT2D eigenvalue weighted by Gasteiger charge is 2.36. The number of benzene rings is 3. The highest BCUT2D eigenvalue weighted by Crippen LogP contribution is 2.43. The number of ether oxygens (including phenoxy) is 2. The first-order valence-corrected chi connectivity index (χ1v) is 10.7. The molecule has 0 saturated carbocycles. The normalized spacial score (nSPS) is 15.0. The van der Waals surface area contributed by atoms with Crippen molar-refractivity contribution >= 4 is 28.6 Å². The van der Waals surface area contributed by atoms with E-state index in [0.29, 0.717) is 34.4 Å². The van der Waals surface area contributed by atoms with Gasteiger partial charge in [0.05, 0.1) is 36.9 Å². The Balaban J connectivity index is 1.71. The van der Waals surface area contributed by atoms with Gasteiger partial charge in [0.1, 0.15) is 17.3 Å². The lowest BCUT2D eigenvalue weighted by atomic mass is 9.93. The molecule has 1 aliphatic heterocycles. The molecule has 3 aromatic carbocycles. The van der Waals surface area contributed by atoms with Crippen LogP contribution in [0.15, 0.2) is 78.0 Å². The number of aromatic nitrogens is 2. The van der Waals surface area contributed by atoms with Crippen LogP contribution >= 0.6 is 0 Å². The topological polar surface area (TPSA) is 77.4 Å². The summed E-state index contributed by atoms with van der Waals surface area (Å²) >= 11 is 0. The van der Waals surface area contributed by atoms with Crippen LogP contribution in [-0.2, 0) is 4.79 Å². The Bertz CT molecular complexity index is 1430. The van der Waals surface area contributed by atoms with E-state index in [1.165, 1.54) is 24.3 Å². The Labute approximate surface area is 195 Å². The Hall–Kier alpha value is -4.33. The second kappa shape index (κ2) is 8.55. The molecule has 34 heavy (non-hydrogen) atoms. The van der Waals surface area contributed by atoms with E-state index in [0.717, 1.165) is 16.6 Å². The second-order valence-corrected chi connectivity index (χ2v) is 7.93. The Kier molecular flexibility index (Phi) is 5.41. The summed E-state index contributed by atoms with van der Waals surface area (Å²) in [6.45, 7) is 1.84. The summed E-state index contributed by atoms with van der Waals surface area (Å²) in [5.74, 6) is 1.16. The monoisotopic (exact) mass is 458 g/mol. The lowest BCUT2D eigenvalue weighted by molar-refractivity contribution is -0.113. The number of nitrogens with zero attached hydrogens (tertiary/aromatic N) is 2. The number of para-hydroxylation sites is 2. The predicted molar refractivity (Wildman–Crippen MR) is 129 cm³/mol. The van der Waals surface area contributed by atoms with Gasteiger partial charge in [-0.1, -0.05) is 12.1 Å². The van der Waals surface area contributed by atoms with Gasteiger partial charge in [-0.05, 0) is 61.5 Å². The average molecular weight is 458 g/mol. The van der Waals surface area contributed by atoms with E-state index in [1.54, 1.807) is 14.2 Å². The minimum atomic E-state index is -0.561. The van der Waals surface area contributed by atoms with Crippen molar-refractivity contribution in [1.82, 2.24) is 9.55 Å². The van der Waals surface area contributed by atoms with Crippen molar-refractivity contribution in [1.29, 1.82) is 0 Å². The van der Waals surface area contributed by atoms with Gasteiger partial charge in [-0.2, -0.15) is 0 Å². The summed E-state index contributed by atoms with van der Waals surface area (Å²) in [7, 11) is 3.18. The molecule has 0 radical (unpaired) electrons. The van der Waals surface area contributed by atoms with Crippen molar-refractivity contribution in [2.24, 2.45) is 0 Å². The first-order chi connectivity index (χ1) is 16.5. The number of methoxy groups -OCH3 is 2. The number of nitrogens with one attached hydrogen (secondary N) is 2. The molecule has 0 bridgehead atoms. The number of carbonyl (C=O) groups is 1. The van der Waals surface area contributed by atoms with Gasteiger partial charge in [0.25, 0.3) is 5.91 Å². The largest absolute Gasteiger partial charge is 0.497 e. The van der Waals surface area contributed by atoms with Gasteiger partial charge in [0.2, 0.25) is 5.95 Å². The van der Waals surface area contributed by atoms with Crippen LogP contribution in [-0.4, -0.2) is 29.7 Å². The lowest BCUT2D eigenvalue weighted by Gasteiger charge is -2.31. The number of fused-ring (bicyclic) bond motifs is 3. The maximum absolute atomic E-state index is 13.7. The fourth-order valence-corrected chi connectivity index (χ4v) is 4.34. The van der Waals surface area contributed by atoms with Crippen LogP contribution in [0.1, 0.15) is 18.5 Å². The molecule has 7 nitrogen and oxygen atoms in total. The quantitative estimate of drug-likeness (QED) is 0.434. The van der Waals surface area contributed by atoms with Crippen LogP contribution in [0.4, 0.5) is 16.0 Å². The molecule has 1 amide bonds. The highest BCUT2D eigenvalue weighted by molar-refractivity contribution is 6.06. The van der Waals surface area contributed by atoms with Crippen LogP contribution in [0.5, 0.6) is 11.5 Å². The molecule has 5 rings (SSSR count). The van der Waals surface area contributed by atoms with Gasteiger partial charge < -0.3 is 20.1 Å². The summed E-state index contributed by atoms with van der Waals surface area (Å²) in [5.41, 5.74) is 4.02. The number of rotatable bonds is 5. The van der Waals surface area contributed by atoms with Crippen molar-refractivity contribution in [2.75, 3.05) is 24.9 Å². The van der Waals surface area contributed by atoms with E-state index in [-0.39, 0.29) is 11.7 Å². The van der Waals surface area contributed by atoms with Gasteiger partial charge in [0, 0.05) is 16.9 Å². The number of hydrogen-bond donors (Lipinski definition) is 2. The van der Waals surface area contributed by atoms with Crippen molar-refractivity contribution in [3.05, 3.63) is 89.4 Å². The third-order valence-electron chi connectivity index (χ3n) is 5.91. The number of anilines is 2. The van der Waals surface area contributed by atoms with Gasteiger partial charge in [-0.15, -0.1) is 0 Å². The third kappa shape index (κ3) is 3.63. The maximum atomic E-state index is 13.7. The van der Waals surface area contributed by atoms with Crippen LogP contribution < -0.4 is 20.1 Å². The molecule has 0 saturated heterocycles. The SMILES string of the molecule is COc1ccc(OC)c([C@@H]2C(C(=O)Nc3ccc(F)cc3)=C(C)Nc3nc4ccccc4n32)c1. The van der Waals surface area contributed by atoms with E-state index < -0.39 is 6.04 Å². The standard InChI is InChI=1S/C26H23FN4O3/c1-15-23(25(32)29-17-10-8-16(27)9-11-17)24(19-14-18(33-2)12-13-22(19)34-3)31-21-7-5-4-6-20(21)30-26(31)28-15/h4-14,24H,1-3H3,(H,28,30)(H,29,32)/t24-/m1/s1. The molecule has 2 heterocycles. The zero-order valence-corrected chi connectivity index (χ0v) is 18.9. The molecule has 0 unspecified atom stereocenters. The first-order valence-electron chi connectivity index (χ1n) is 10.7. The molecule has 172 valence electrons. The van der Waals surface area contributed by atoms with Crippen molar-refractivity contribution in [2.45, 2.75) is 13.0 Å². The van der Waals surface area contributed by atoms with Gasteiger partial charge in [-0.3, -0.25) is 9.36 Å². The summed E-state index contributed by atoms with van der Waals surface area (Å²) < 4.78 is 26.5. The van der Waals surface area contributed by atoms with Gasteiger partial charge in [0.15, 0.2) is 0 Å². The van der Waals surface area contributed by atoms with Crippen molar-refractivity contribution < 1.29 is 18.7 Å².